The van der Waals surface area contributed by atoms with Crippen molar-refractivity contribution in [3.63, 3.8) is 0 Å². The van der Waals surface area contributed by atoms with E-state index in [1.165, 1.54) is 13.3 Å². The number of primary amides is 1. The van der Waals surface area contributed by atoms with Crippen LogP contribution in [0.25, 0.3) is 0 Å². The minimum absolute atomic E-state index is 0. The fourth-order valence-corrected chi connectivity index (χ4v) is 1.92. The zero-order chi connectivity index (χ0) is 12.8. The van der Waals surface area contributed by atoms with Gasteiger partial charge >= 0.3 is 0 Å². The maximum Gasteiger partial charge on any atom is 0.254 e. The van der Waals surface area contributed by atoms with Crippen LogP contribution in [0.2, 0.25) is 0 Å². The number of hydrogen-bond acceptors (Lipinski definition) is 2. The number of alkyl halides is 1. The lowest BCUT2D eigenvalue weighted by atomic mass is 9.64. The zero-order valence-corrected chi connectivity index (χ0v) is 10.7. The summed E-state index contributed by atoms with van der Waals surface area (Å²) in [4.78, 5) is 10.8. The molecule has 4 heteroatoms. The Kier molecular flexibility index (Phi) is 8.41. The number of nitrogens with two attached hydrogens (primary N) is 2. The van der Waals surface area contributed by atoms with Crippen LogP contribution in [0.15, 0.2) is 0 Å². The third-order valence-corrected chi connectivity index (χ3v) is 3.07. The number of rotatable bonds is 4. The molecule has 0 aliphatic heterocycles. The van der Waals surface area contributed by atoms with Gasteiger partial charge in [0.05, 0.1) is 0 Å². The molecule has 3 nitrogen and oxygen atoms in total. The lowest BCUT2D eigenvalue weighted by molar-refractivity contribution is -0.131. The Balaban J connectivity index is 0. The van der Waals surface area contributed by atoms with E-state index in [1.54, 1.807) is 0 Å². The SMILES string of the molecule is C.CCC.C[C@](F)(CC1(CN)CCC1)C(N)=O. The molecule has 104 valence electrons. The highest BCUT2D eigenvalue weighted by atomic mass is 19.1. The molecular weight excluding hydrogens is 219 g/mol. The van der Waals surface area contributed by atoms with Crippen LogP contribution in [0.1, 0.15) is 60.3 Å². The lowest BCUT2D eigenvalue weighted by Crippen LogP contribution is -2.47. The van der Waals surface area contributed by atoms with Crippen molar-refractivity contribution in [3.05, 3.63) is 0 Å². The van der Waals surface area contributed by atoms with E-state index < -0.39 is 11.6 Å². The van der Waals surface area contributed by atoms with Gasteiger partial charge in [-0.3, -0.25) is 4.79 Å². The molecule has 0 saturated heterocycles. The van der Waals surface area contributed by atoms with Crippen molar-refractivity contribution in [2.45, 2.75) is 66.0 Å². The van der Waals surface area contributed by atoms with Crippen LogP contribution in [0, 0.1) is 5.41 Å². The van der Waals surface area contributed by atoms with Gasteiger partial charge in [-0.1, -0.05) is 34.1 Å². The van der Waals surface area contributed by atoms with Crippen LogP contribution < -0.4 is 11.5 Å². The fraction of sp³-hybridized carbons (Fsp3) is 0.923. The Labute approximate surface area is 105 Å². The van der Waals surface area contributed by atoms with Gasteiger partial charge in [-0.2, -0.15) is 0 Å². The average Bonchev–Trinajstić information content (AvgIpc) is 2.12. The molecule has 1 aliphatic carbocycles. The van der Waals surface area contributed by atoms with Crippen LogP contribution in [-0.4, -0.2) is 18.1 Å². The van der Waals surface area contributed by atoms with Crippen molar-refractivity contribution in [1.29, 1.82) is 0 Å². The minimum Gasteiger partial charge on any atom is -0.367 e. The van der Waals surface area contributed by atoms with Crippen LogP contribution in [0.4, 0.5) is 4.39 Å². The van der Waals surface area contributed by atoms with Crippen LogP contribution in [-0.2, 0) is 4.79 Å². The number of carbonyl (C=O) groups excluding carboxylic acids is 1. The molecular formula is C13H29FN2O. The van der Waals surface area contributed by atoms with E-state index >= 15 is 0 Å². The van der Waals surface area contributed by atoms with Gasteiger partial charge in [0, 0.05) is 0 Å². The summed E-state index contributed by atoms with van der Waals surface area (Å²) < 4.78 is 13.6. The molecule has 4 N–H and O–H groups in total. The van der Waals surface area contributed by atoms with Crippen molar-refractivity contribution in [2.75, 3.05) is 6.54 Å². The second-order valence-corrected chi connectivity index (χ2v) is 5.00. The summed E-state index contributed by atoms with van der Waals surface area (Å²) in [6, 6.07) is 0. The zero-order valence-electron chi connectivity index (χ0n) is 10.7. The summed E-state index contributed by atoms with van der Waals surface area (Å²) in [6.45, 7) is 5.94. The largest absolute Gasteiger partial charge is 0.367 e. The first kappa shape index (κ1) is 18.7. The molecule has 1 rings (SSSR count). The van der Waals surface area contributed by atoms with Crippen molar-refractivity contribution in [1.82, 2.24) is 0 Å². The van der Waals surface area contributed by atoms with Crippen molar-refractivity contribution < 1.29 is 9.18 Å². The van der Waals surface area contributed by atoms with Gasteiger partial charge in [0.15, 0.2) is 5.67 Å². The maximum absolute atomic E-state index is 13.6. The van der Waals surface area contributed by atoms with Gasteiger partial charge in [-0.05, 0) is 38.1 Å². The number of halogens is 1. The Bertz CT molecular complexity index is 220. The van der Waals surface area contributed by atoms with E-state index in [-0.39, 0.29) is 19.3 Å². The predicted octanol–water partition coefficient (Wildman–Crippen LogP) is 2.77. The summed E-state index contributed by atoms with van der Waals surface area (Å²) >= 11 is 0. The third kappa shape index (κ3) is 5.48. The van der Waals surface area contributed by atoms with Crippen LogP contribution in [0.3, 0.4) is 0 Å². The second-order valence-electron chi connectivity index (χ2n) is 5.00. The van der Waals surface area contributed by atoms with Gasteiger partial charge in [0.2, 0.25) is 0 Å². The molecule has 0 heterocycles. The molecule has 0 radical (unpaired) electrons. The molecule has 0 bridgehead atoms. The first-order valence-electron chi connectivity index (χ1n) is 6.02. The standard InChI is InChI=1S/C9H17FN2O.C3H8.CH4/c1-8(10,7(12)13)5-9(6-11)3-2-4-9;1-3-2;/h2-6,11H2,1H3,(H2,12,13);3H2,1-2H3;1H4/t8-;;/m0../s1. The van der Waals surface area contributed by atoms with Crippen molar-refractivity contribution in [3.8, 4) is 0 Å². The van der Waals surface area contributed by atoms with Crippen molar-refractivity contribution >= 4 is 5.91 Å². The first-order valence-corrected chi connectivity index (χ1v) is 6.02. The Morgan fingerprint density at radius 3 is 2.00 bits per heavy atom. The Morgan fingerprint density at radius 1 is 1.41 bits per heavy atom. The minimum atomic E-state index is -1.90. The first-order chi connectivity index (χ1) is 7.33. The van der Waals surface area contributed by atoms with E-state index in [0.29, 0.717) is 6.54 Å². The molecule has 1 saturated carbocycles. The number of amides is 1. The molecule has 17 heavy (non-hydrogen) atoms. The highest BCUT2D eigenvalue weighted by Gasteiger charge is 2.44. The number of carbonyl (C=O) groups is 1. The van der Waals surface area contributed by atoms with E-state index in [2.05, 4.69) is 13.8 Å². The molecule has 1 atom stereocenters. The molecule has 1 aliphatic rings. The number of hydrogen-bond donors (Lipinski definition) is 2. The molecule has 0 aromatic carbocycles. The van der Waals surface area contributed by atoms with Crippen LogP contribution in [0.5, 0.6) is 0 Å². The molecule has 0 aromatic rings. The van der Waals surface area contributed by atoms with Gasteiger partial charge < -0.3 is 11.5 Å². The average molecular weight is 248 g/mol. The summed E-state index contributed by atoms with van der Waals surface area (Å²) in [7, 11) is 0. The van der Waals surface area contributed by atoms with Gasteiger partial charge in [0.25, 0.3) is 5.91 Å². The predicted molar refractivity (Wildman–Crippen MR) is 71.4 cm³/mol. The summed E-state index contributed by atoms with van der Waals surface area (Å²) in [5.41, 5.74) is 8.44. The summed E-state index contributed by atoms with van der Waals surface area (Å²) in [5, 5.41) is 0. The molecule has 0 aromatic heterocycles. The van der Waals surface area contributed by atoms with Gasteiger partial charge in [0.1, 0.15) is 0 Å². The maximum atomic E-state index is 13.6. The van der Waals surface area contributed by atoms with Gasteiger partial charge in [-0.25, -0.2) is 4.39 Å². The summed E-state index contributed by atoms with van der Waals surface area (Å²) in [5.74, 6) is -0.882. The third-order valence-electron chi connectivity index (χ3n) is 3.07. The highest BCUT2D eigenvalue weighted by Crippen LogP contribution is 2.46. The Hall–Kier alpha value is -0.640. The fourth-order valence-electron chi connectivity index (χ4n) is 1.92. The normalized spacial score (nSPS) is 19.8. The van der Waals surface area contributed by atoms with E-state index in [4.69, 9.17) is 11.5 Å². The van der Waals surface area contributed by atoms with E-state index in [0.717, 1.165) is 19.3 Å². The molecule has 0 spiro atoms. The molecule has 1 fully saturated rings. The topological polar surface area (TPSA) is 69.1 Å². The van der Waals surface area contributed by atoms with E-state index in [1.807, 2.05) is 0 Å². The monoisotopic (exact) mass is 248 g/mol. The Morgan fingerprint density at radius 2 is 1.82 bits per heavy atom. The summed E-state index contributed by atoms with van der Waals surface area (Å²) in [6.07, 6.45) is 4.32. The smallest absolute Gasteiger partial charge is 0.254 e. The van der Waals surface area contributed by atoms with Crippen molar-refractivity contribution in [2.24, 2.45) is 16.9 Å². The lowest BCUT2D eigenvalue weighted by Gasteiger charge is -2.43. The molecule has 0 unspecified atom stereocenters. The quantitative estimate of drug-likeness (QED) is 0.803. The second kappa shape index (κ2) is 7.64. The van der Waals surface area contributed by atoms with E-state index in [9.17, 15) is 9.18 Å². The molecule has 1 amide bonds. The van der Waals surface area contributed by atoms with Crippen LogP contribution >= 0.6 is 0 Å². The van der Waals surface area contributed by atoms with Gasteiger partial charge in [-0.15, -0.1) is 0 Å². The highest BCUT2D eigenvalue weighted by molar-refractivity contribution is 5.82.